The lowest BCUT2D eigenvalue weighted by molar-refractivity contribution is -0.109. The molecule has 3 aromatic rings. The van der Waals surface area contributed by atoms with Gasteiger partial charge in [-0.1, -0.05) is 0 Å². The average molecular weight is 508 g/mol. The number of hydrogen-bond acceptors (Lipinski definition) is 8. The highest BCUT2D eigenvalue weighted by Crippen LogP contribution is 2.28. The second-order valence-electron chi connectivity index (χ2n) is 8.57. The summed E-state index contributed by atoms with van der Waals surface area (Å²) in [6.07, 6.45) is 3.56. The minimum absolute atomic E-state index is 0.252. The molecule has 2 amide bonds. The van der Waals surface area contributed by atoms with E-state index in [1.807, 2.05) is 50.2 Å². The molecule has 0 unspecified atom stereocenters. The fraction of sp³-hybridized carbons (Fsp3) is 0.333. The van der Waals surface area contributed by atoms with Gasteiger partial charge in [-0.2, -0.15) is 4.98 Å². The molecule has 37 heavy (non-hydrogen) atoms. The summed E-state index contributed by atoms with van der Waals surface area (Å²) in [6, 6.07) is 10.7. The third-order valence-corrected chi connectivity index (χ3v) is 5.37. The van der Waals surface area contributed by atoms with Crippen LogP contribution in [-0.4, -0.2) is 70.2 Å². The van der Waals surface area contributed by atoms with Crippen LogP contribution in [0.5, 0.6) is 11.5 Å². The fourth-order valence-electron chi connectivity index (χ4n) is 3.57. The SMILES string of the molecule is CN(C)CCNC=O.COc1ccc(C(=O)Nc2cc(C)cc(-c3nc4c(o3)=CCCN=4)c2)cc1OC. The highest BCUT2D eigenvalue weighted by molar-refractivity contribution is 6.05. The standard InChI is InChI=1S/C22H21N3O4.C5H12N2O/c1-13-9-15(22-25-20-18(29-22)5-4-8-23-20)11-16(10-13)24-21(26)14-6-7-17(27-2)19(12-14)28-3;1-7(2)4-3-6-5-8/h5-7,9-12H,4,8H2,1-3H3,(H,24,26);5H,3-4H2,1-2H3,(H,6,8). The van der Waals surface area contributed by atoms with Gasteiger partial charge >= 0.3 is 0 Å². The van der Waals surface area contributed by atoms with Gasteiger partial charge in [-0.05, 0) is 75.5 Å². The number of amides is 2. The highest BCUT2D eigenvalue weighted by atomic mass is 16.5. The third-order valence-electron chi connectivity index (χ3n) is 5.37. The lowest BCUT2D eigenvalue weighted by atomic mass is 10.1. The predicted octanol–water partition coefficient (Wildman–Crippen LogP) is 2.02. The number of likely N-dealkylation sites (N-methyl/N-ethyl adjacent to an activating group) is 1. The van der Waals surface area contributed by atoms with Crippen molar-refractivity contribution in [2.45, 2.75) is 13.3 Å². The Labute approximate surface area is 216 Å². The third kappa shape index (κ3) is 7.65. The summed E-state index contributed by atoms with van der Waals surface area (Å²) in [5.41, 5.74) is 4.20. The van der Waals surface area contributed by atoms with E-state index in [4.69, 9.17) is 13.9 Å². The van der Waals surface area contributed by atoms with Crippen LogP contribution in [0, 0.1) is 6.92 Å². The van der Waals surface area contributed by atoms with Crippen LogP contribution in [0.2, 0.25) is 0 Å². The second kappa shape index (κ2) is 13.2. The molecule has 10 heteroatoms. The van der Waals surface area contributed by atoms with Crippen LogP contribution in [0.15, 0.2) is 45.8 Å². The lowest BCUT2D eigenvalue weighted by Crippen LogP contribution is -2.25. The first kappa shape index (κ1) is 27.4. The zero-order valence-electron chi connectivity index (χ0n) is 21.8. The largest absolute Gasteiger partial charge is 0.493 e. The van der Waals surface area contributed by atoms with Gasteiger partial charge in [0.25, 0.3) is 5.91 Å². The van der Waals surface area contributed by atoms with E-state index >= 15 is 0 Å². The molecule has 2 heterocycles. The number of oxazole rings is 1. The number of methoxy groups -OCH3 is 2. The number of benzene rings is 2. The molecule has 0 atom stereocenters. The first-order chi connectivity index (χ1) is 17.8. The number of nitrogens with one attached hydrogen (secondary N) is 2. The molecule has 10 nitrogen and oxygen atoms in total. The molecule has 0 radical (unpaired) electrons. The summed E-state index contributed by atoms with van der Waals surface area (Å²) < 4.78 is 16.3. The maximum absolute atomic E-state index is 12.7. The van der Waals surface area contributed by atoms with Gasteiger partial charge in [0.05, 0.1) is 14.2 Å². The number of rotatable bonds is 9. The maximum Gasteiger partial charge on any atom is 0.255 e. The summed E-state index contributed by atoms with van der Waals surface area (Å²) in [5.74, 6) is 1.30. The van der Waals surface area contributed by atoms with E-state index in [2.05, 4.69) is 20.6 Å². The van der Waals surface area contributed by atoms with Crippen molar-refractivity contribution in [3.05, 3.63) is 58.4 Å². The zero-order chi connectivity index (χ0) is 26.8. The number of ether oxygens (including phenoxy) is 2. The van der Waals surface area contributed by atoms with Crippen LogP contribution in [0.1, 0.15) is 22.3 Å². The average Bonchev–Trinajstić information content (AvgIpc) is 3.33. The second-order valence-corrected chi connectivity index (χ2v) is 8.57. The number of aryl methyl sites for hydroxylation is 1. The Kier molecular flexibility index (Phi) is 9.79. The predicted molar refractivity (Wildman–Crippen MR) is 142 cm³/mol. The fourth-order valence-corrected chi connectivity index (χ4v) is 3.57. The molecule has 0 aliphatic carbocycles. The van der Waals surface area contributed by atoms with Crippen LogP contribution in [0.4, 0.5) is 5.69 Å². The minimum atomic E-state index is -0.252. The van der Waals surface area contributed by atoms with Crippen molar-refractivity contribution in [2.75, 3.05) is 53.3 Å². The van der Waals surface area contributed by atoms with E-state index in [1.54, 1.807) is 25.3 Å². The van der Waals surface area contributed by atoms with Gasteiger partial charge < -0.3 is 29.4 Å². The smallest absolute Gasteiger partial charge is 0.255 e. The van der Waals surface area contributed by atoms with Crippen molar-refractivity contribution in [3.8, 4) is 23.0 Å². The molecule has 0 saturated heterocycles. The molecule has 1 aliphatic heterocycles. The van der Waals surface area contributed by atoms with E-state index in [-0.39, 0.29) is 5.91 Å². The molecular weight excluding hydrogens is 474 g/mol. The number of hydrogen-bond donors (Lipinski definition) is 2. The Morgan fingerprint density at radius 2 is 1.92 bits per heavy atom. The summed E-state index contributed by atoms with van der Waals surface area (Å²) in [5, 5.41) is 5.48. The topological polar surface area (TPSA) is 118 Å². The molecule has 196 valence electrons. The molecule has 0 spiro atoms. The van der Waals surface area contributed by atoms with Crippen molar-refractivity contribution in [2.24, 2.45) is 4.99 Å². The zero-order valence-corrected chi connectivity index (χ0v) is 21.8. The van der Waals surface area contributed by atoms with Crippen molar-refractivity contribution in [3.63, 3.8) is 0 Å². The normalized spacial score (nSPS) is 11.7. The van der Waals surface area contributed by atoms with Gasteiger partial charge in [-0.25, -0.2) is 0 Å². The molecule has 1 aliphatic rings. The molecule has 0 fully saturated rings. The molecule has 0 saturated carbocycles. The number of nitrogens with zero attached hydrogens (tertiary/aromatic N) is 3. The van der Waals surface area contributed by atoms with Gasteiger partial charge in [-0.15, -0.1) is 0 Å². The highest BCUT2D eigenvalue weighted by Gasteiger charge is 2.14. The van der Waals surface area contributed by atoms with E-state index in [9.17, 15) is 9.59 Å². The molecule has 2 N–H and O–H groups in total. The van der Waals surface area contributed by atoms with E-state index in [1.165, 1.54) is 7.11 Å². The first-order valence-electron chi connectivity index (χ1n) is 11.8. The van der Waals surface area contributed by atoms with Crippen molar-refractivity contribution in [1.29, 1.82) is 0 Å². The number of carbonyl (C=O) groups excluding carboxylic acids is 2. The van der Waals surface area contributed by atoms with Crippen LogP contribution in [0.25, 0.3) is 17.5 Å². The molecule has 2 aromatic carbocycles. The summed E-state index contributed by atoms with van der Waals surface area (Å²) >= 11 is 0. The maximum atomic E-state index is 12.7. The van der Waals surface area contributed by atoms with Crippen LogP contribution in [0.3, 0.4) is 0 Å². The number of fused-ring (bicyclic) bond motifs is 1. The van der Waals surface area contributed by atoms with Crippen LogP contribution in [-0.2, 0) is 4.79 Å². The van der Waals surface area contributed by atoms with Crippen molar-refractivity contribution in [1.82, 2.24) is 15.2 Å². The first-order valence-corrected chi connectivity index (χ1v) is 11.8. The summed E-state index contributed by atoms with van der Waals surface area (Å²) in [4.78, 5) is 33.2. The Morgan fingerprint density at radius 3 is 2.59 bits per heavy atom. The van der Waals surface area contributed by atoms with E-state index in [0.29, 0.717) is 46.0 Å². The Bertz CT molecular complexity index is 1320. The number of anilines is 1. The summed E-state index contributed by atoms with van der Waals surface area (Å²) in [7, 11) is 7.02. The number of carbonyl (C=O) groups is 2. The lowest BCUT2D eigenvalue weighted by Gasteiger charge is -2.11. The minimum Gasteiger partial charge on any atom is -0.493 e. The quantitative estimate of drug-likeness (QED) is 0.336. The monoisotopic (exact) mass is 507 g/mol. The molecular formula is C27H33N5O5. The van der Waals surface area contributed by atoms with E-state index < -0.39 is 0 Å². The van der Waals surface area contributed by atoms with Crippen molar-refractivity contribution >= 4 is 24.1 Å². The van der Waals surface area contributed by atoms with Gasteiger partial charge in [0.15, 0.2) is 22.4 Å². The molecule has 0 bridgehead atoms. The van der Waals surface area contributed by atoms with Crippen molar-refractivity contribution < 1.29 is 23.5 Å². The summed E-state index contributed by atoms with van der Waals surface area (Å²) in [6.45, 7) is 4.31. The Hall–Kier alpha value is -4.18. The van der Waals surface area contributed by atoms with Gasteiger partial charge in [-0.3, -0.25) is 14.6 Å². The molecule has 1 aromatic heterocycles. The van der Waals surface area contributed by atoms with Crippen LogP contribution < -0.4 is 31.0 Å². The Balaban J connectivity index is 0.000000414. The molecule has 4 rings (SSSR count). The van der Waals surface area contributed by atoms with Crippen LogP contribution >= 0.6 is 0 Å². The van der Waals surface area contributed by atoms with Gasteiger partial charge in [0.1, 0.15) is 0 Å². The number of aromatic nitrogens is 1. The Morgan fingerprint density at radius 1 is 1.14 bits per heavy atom. The van der Waals surface area contributed by atoms with Gasteiger partial charge in [0.2, 0.25) is 12.3 Å². The van der Waals surface area contributed by atoms with Gasteiger partial charge in [0, 0.05) is 36.4 Å². The van der Waals surface area contributed by atoms with E-state index in [0.717, 1.165) is 37.2 Å².